The van der Waals surface area contributed by atoms with E-state index in [1.54, 1.807) is 4.57 Å². The molecule has 1 aliphatic heterocycles. The van der Waals surface area contributed by atoms with Crippen molar-refractivity contribution >= 4 is 11.1 Å². The van der Waals surface area contributed by atoms with E-state index in [-0.39, 0.29) is 11.9 Å². The van der Waals surface area contributed by atoms with Gasteiger partial charge in [0.1, 0.15) is 12.0 Å². The second kappa shape index (κ2) is 9.18. The summed E-state index contributed by atoms with van der Waals surface area (Å²) in [5.74, 6) is 0.929. The van der Waals surface area contributed by atoms with Crippen LogP contribution >= 0.6 is 0 Å². The summed E-state index contributed by atoms with van der Waals surface area (Å²) in [6.45, 7) is 2.96. The van der Waals surface area contributed by atoms with E-state index in [9.17, 15) is 4.79 Å². The maximum Gasteiger partial charge on any atom is 0.353 e. The Kier molecular flexibility index (Phi) is 6.68. The number of furan rings is 1. The van der Waals surface area contributed by atoms with Crippen molar-refractivity contribution in [2.24, 2.45) is 0 Å². The Balaban J connectivity index is 1.50. The molecule has 1 unspecified atom stereocenters. The number of hydrogen-bond acceptors (Lipinski definition) is 4. The van der Waals surface area contributed by atoms with Crippen LogP contribution in [-0.2, 0) is 11.2 Å². The first kappa shape index (κ1) is 18.2. The first-order valence-corrected chi connectivity index (χ1v) is 9.91. The fraction of sp³-hybridized carbons (Fsp3) is 0.700. The van der Waals surface area contributed by atoms with Crippen molar-refractivity contribution in [1.29, 1.82) is 0 Å². The molecule has 1 atom stereocenters. The van der Waals surface area contributed by atoms with E-state index >= 15 is 0 Å². The van der Waals surface area contributed by atoms with Crippen LogP contribution in [-0.4, -0.2) is 16.2 Å². The quantitative estimate of drug-likeness (QED) is 0.569. The molecule has 2 aromatic heterocycles. The Hall–Kier alpha value is -1.62. The normalized spacial score (nSPS) is 17.6. The fourth-order valence-corrected chi connectivity index (χ4v) is 3.52. The van der Waals surface area contributed by atoms with E-state index in [2.05, 4.69) is 11.9 Å². The van der Waals surface area contributed by atoms with Crippen molar-refractivity contribution in [1.82, 2.24) is 9.55 Å². The van der Waals surface area contributed by atoms with Crippen LogP contribution in [0.15, 0.2) is 21.5 Å². The summed E-state index contributed by atoms with van der Waals surface area (Å²) in [6, 6.07) is 2.02. The van der Waals surface area contributed by atoms with Crippen LogP contribution in [0.2, 0.25) is 0 Å². The number of nitrogens with zero attached hydrogens (tertiary/aromatic N) is 2. The lowest BCUT2D eigenvalue weighted by atomic mass is 10.1. The third kappa shape index (κ3) is 4.94. The van der Waals surface area contributed by atoms with E-state index in [4.69, 9.17) is 9.15 Å². The van der Waals surface area contributed by atoms with E-state index in [0.717, 1.165) is 36.8 Å². The number of aryl methyl sites for hydroxylation is 1. The van der Waals surface area contributed by atoms with Crippen LogP contribution in [0.5, 0.6) is 0 Å². The zero-order valence-electron chi connectivity index (χ0n) is 15.3. The van der Waals surface area contributed by atoms with Gasteiger partial charge in [-0.1, -0.05) is 51.9 Å². The molecule has 2 aromatic rings. The Bertz CT molecular complexity index is 713. The van der Waals surface area contributed by atoms with Gasteiger partial charge in [0.25, 0.3) is 0 Å². The molecule has 1 saturated heterocycles. The molecule has 0 bridgehead atoms. The van der Waals surface area contributed by atoms with Crippen LogP contribution in [0.25, 0.3) is 11.1 Å². The smallest absolute Gasteiger partial charge is 0.353 e. The summed E-state index contributed by atoms with van der Waals surface area (Å²) in [7, 11) is 0. The van der Waals surface area contributed by atoms with E-state index in [1.807, 2.05) is 12.3 Å². The molecule has 0 radical (unpaired) electrons. The van der Waals surface area contributed by atoms with Gasteiger partial charge >= 0.3 is 5.69 Å². The van der Waals surface area contributed by atoms with Crippen molar-refractivity contribution in [2.45, 2.75) is 83.8 Å². The lowest BCUT2D eigenvalue weighted by Crippen LogP contribution is -2.25. The largest absolute Gasteiger partial charge is 0.443 e. The Morgan fingerprint density at radius 2 is 1.92 bits per heavy atom. The average molecular weight is 346 g/mol. The Morgan fingerprint density at radius 1 is 1.16 bits per heavy atom. The lowest BCUT2D eigenvalue weighted by molar-refractivity contribution is 0.0531. The molecule has 0 aromatic carbocycles. The van der Waals surface area contributed by atoms with Gasteiger partial charge in [0.15, 0.2) is 0 Å². The highest BCUT2D eigenvalue weighted by Crippen LogP contribution is 2.24. The van der Waals surface area contributed by atoms with Gasteiger partial charge in [-0.25, -0.2) is 4.79 Å². The molecular weight excluding hydrogens is 316 g/mol. The standard InChI is InChI=1S/C20H30N2O3/c1-2-3-4-5-6-7-8-9-11-17-14-16-15-22(18-12-10-13-24-18)20(23)21-19(16)25-17/h14-15,18H,2-13H2,1H3. The van der Waals surface area contributed by atoms with Gasteiger partial charge in [-0.15, -0.1) is 0 Å². The zero-order chi connectivity index (χ0) is 17.5. The molecule has 0 aliphatic carbocycles. The van der Waals surface area contributed by atoms with Crippen molar-refractivity contribution in [3.05, 3.63) is 28.5 Å². The van der Waals surface area contributed by atoms with Crippen LogP contribution in [0.4, 0.5) is 0 Å². The number of ether oxygens (including phenoxy) is 1. The third-order valence-corrected chi connectivity index (χ3v) is 4.98. The monoisotopic (exact) mass is 346 g/mol. The van der Waals surface area contributed by atoms with Crippen LogP contribution in [0.1, 0.15) is 83.1 Å². The number of unbranched alkanes of at least 4 members (excludes halogenated alkanes) is 7. The molecule has 1 fully saturated rings. The van der Waals surface area contributed by atoms with Gasteiger partial charge in [-0.2, -0.15) is 4.98 Å². The van der Waals surface area contributed by atoms with Crippen LogP contribution in [0, 0.1) is 0 Å². The summed E-state index contributed by atoms with van der Waals surface area (Å²) in [6.07, 6.45) is 14.8. The summed E-state index contributed by atoms with van der Waals surface area (Å²) >= 11 is 0. The predicted octanol–water partition coefficient (Wildman–Crippen LogP) is 4.98. The highest BCUT2D eigenvalue weighted by molar-refractivity contribution is 5.72. The SMILES string of the molecule is CCCCCCCCCCc1cc2cn(C3CCCO3)c(=O)nc2o1. The van der Waals surface area contributed by atoms with E-state index in [1.165, 1.54) is 44.9 Å². The summed E-state index contributed by atoms with van der Waals surface area (Å²) in [4.78, 5) is 16.2. The Morgan fingerprint density at radius 3 is 2.64 bits per heavy atom. The number of hydrogen-bond donors (Lipinski definition) is 0. The van der Waals surface area contributed by atoms with Gasteiger partial charge in [-0.3, -0.25) is 4.57 Å². The molecule has 3 heterocycles. The molecular formula is C20H30N2O3. The maximum atomic E-state index is 12.1. The minimum absolute atomic E-state index is 0.171. The van der Waals surface area contributed by atoms with Crippen molar-refractivity contribution < 1.29 is 9.15 Å². The van der Waals surface area contributed by atoms with Gasteiger partial charge in [0.05, 0.1) is 5.39 Å². The topological polar surface area (TPSA) is 57.3 Å². The average Bonchev–Trinajstić information content (AvgIpc) is 3.25. The highest BCUT2D eigenvalue weighted by atomic mass is 16.5. The summed E-state index contributed by atoms with van der Waals surface area (Å²) in [5, 5.41) is 0.893. The van der Waals surface area contributed by atoms with E-state index in [0.29, 0.717) is 12.3 Å². The van der Waals surface area contributed by atoms with Gasteiger partial charge in [0.2, 0.25) is 5.71 Å². The predicted molar refractivity (Wildman–Crippen MR) is 98.8 cm³/mol. The first-order valence-electron chi connectivity index (χ1n) is 9.91. The molecule has 3 rings (SSSR count). The number of aromatic nitrogens is 2. The maximum absolute atomic E-state index is 12.1. The highest BCUT2D eigenvalue weighted by Gasteiger charge is 2.20. The summed E-state index contributed by atoms with van der Waals surface area (Å²) in [5.41, 5.74) is 0.168. The molecule has 1 aliphatic rings. The number of fused-ring (bicyclic) bond motifs is 1. The molecule has 0 amide bonds. The molecule has 25 heavy (non-hydrogen) atoms. The Labute approximate surface area is 149 Å². The molecule has 0 spiro atoms. The van der Waals surface area contributed by atoms with Crippen LogP contribution < -0.4 is 5.69 Å². The first-order chi connectivity index (χ1) is 12.3. The number of rotatable bonds is 10. The molecule has 0 N–H and O–H groups in total. The summed E-state index contributed by atoms with van der Waals surface area (Å²) < 4.78 is 13.0. The second-order valence-corrected chi connectivity index (χ2v) is 7.10. The van der Waals surface area contributed by atoms with E-state index < -0.39 is 0 Å². The lowest BCUT2D eigenvalue weighted by Gasteiger charge is -2.11. The minimum atomic E-state index is -0.285. The van der Waals surface area contributed by atoms with Crippen molar-refractivity contribution in [3.63, 3.8) is 0 Å². The van der Waals surface area contributed by atoms with Crippen molar-refractivity contribution in [3.8, 4) is 0 Å². The minimum Gasteiger partial charge on any atom is -0.443 e. The van der Waals surface area contributed by atoms with Crippen molar-refractivity contribution in [2.75, 3.05) is 6.61 Å². The van der Waals surface area contributed by atoms with Gasteiger partial charge < -0.3 is 9.15 Å². The fourth-order valence-electron chi connectivity index (χ4n) is 3.52. The zero-order valence-corrected chi connectivity index (χ0v) is 15.3. The second-order valence-electron chi connectivity index (χ2n) is 7.10. The molecule has 0 saturated carbocycles. The van der Waals surface area contributed by atoms with Gasteiger partial charge in [0, 0.05) is 19.2 Å². The van der Waals surface area contributed by atoms with Gasteiger partial charge in [-0.05, 0) is 25.3 Å². The third-order valence-electron chi connectivity index (χ3n) is 4.98. The molecule has 5 heteroatoms. The molecule has 138 valence electrons. The molecule has 5 nitrogen and oxygen atoms in total. The van der Waals surface area contributed by atoms with Crippen LogP contribution in [0.3, 0.4) is 0 Å².